The van der Waals surface area contributed by atoms with E-state index in [1.807, 2.05) is 6.07 Å². The van der Waals surface area contributed by atoms with Gasteiger partial charge < -0.3 is 14.1 Å². The van der Waals surface area contributed by atoms with E-state index in [1.165, 1.54) is 24.3 Å². The lowest BCUT2D eigenvalue weighted by molar-refractivity contribution is -0.384. The molecule has 1 aliphatic rings. The molecule has 1 saturated heterocycles. The SMILES string of the molecule is N#CC(=Cc1ccc(-c2ccc([N+](=O)[O-])cc2Cl)o1)C(=O)N1CCOCC1. The fourth-order valence-corrected chi connectivity index (χ4v) is 2.88. The van der Waals surface area contributed by atoms with Gasteiger partial charge in [0.25, 0.3) is 11.6 Å². The number of benzene rings is 1. The van der Waals surface area contributed by atoms with Crippen LogP contribution < -0.4 is 0 Å². The number of hydrogen-bond donors (Lipinski definition) is 0. The Bertz CT molecular complexity index is 954. The molecule has 1 aliphatic heterocycles. The molecule has 9 heteroatoms. The maximum atomic E-state index is 12.4. The largest absolute Gasteiger partial charge is 0.457 e. The molecule has 0 radical (unpaired) electrons. The van der Waals surface area contributed by atoms with Crippen LogP contribution in [0.2, 0.25) is 5.02 Å². The van der Waals surface area contributed by atoms with Gasteiger partial charge in [0, 0.05) is 36.9 Å². The van der Waals surface area contributed by atoms with E-state index in [2.05, 4.69) is 0 Å². The first-order valence-corrected chi connectivity index (χ1v) is 8.40. The summed E-state index contributed by atoms with van der Waals surface area (Å²) in [4.78, 5) is 24.2. The molecule has 2 heterocycles. The molecule has 1 aromatic heterocycles. The van der Waals surface area contributed by atoms with Gasteiger partial charge in [0.05, 0.1) is 23.2 Å². The second-order valence-corrected chi connectivity index (χ2v) is 6.10. The molecule has 8 nitrogen and oxygen atoms in total. The van der Waals surface area contributed by atoms with Crippen LogP contribution in [0.3, 0.4) is 0 Å². The number of nitro groups is 1. The van der Waals surface area contributed by atoms with Crippen molar-refractivity contribution in [3.05, 3.63) is 56.8 Å². The summed E-state index contributed by atoms with van der Waals surface area (Å²) in [6.07, 6.45) is 1.36. The smallest absolute Gasteiger partial charge is 0.270 e. The highest BCUT2D eigenvalue weighted by Crippen LogP contribution is 2.32. The summed E-state index contributed by atoms with van der Waals surface area (Å²) in [7, 11) is 0. The number of nitro benzene ring substituents is 1. The molecular formula is C18H14ClN3O5. The van der Waals surface area contributed by atoms with Gasteiger partial charge in [-0.2, -0.15) is 5.26 Å². The van der Waals surface area contributed by atoms with E-state index in [-0.39, 0.29) is 22.2 Å². The molecule has 0 atom stereocenters. The van der Waals surface area contributed by atoms with E-state index in [4.69, 9.17) is 20.8 Å². The number of amides is 1. The Hall–Kier alpha value is -3.15. The van der Waals surface area contributed by atoms with Gasteiger partial charge in [0.1, 0.15) is 23.2 Å². The topological polar surface area (TPSA) is 110 Å². The fourth-order valence-electron chi connectivity index (χ4n) is 2.61. The van der Waals surface area contributed by atoms with Crippen LogP contribution in [0.25, 0.3) is 17.4 Å². The Morgan fingerprint density at radius 2 is 2.04 bits per heavy atom. The second-order valence-electron chi connectivity index (χ2n) is 5.70. The number of nitriles is 1. The van der Waals surface area contributed by atoms with Crippen LogP contribution in [0.4, 0.5) is 5.69 Å². The lowest BCUT2D eigenvalue weighted by atomic mass is 10.1. The summed E-state index contributed by atoms with van der Waals surface area (Å²) in [5, 5.41) is 20.3. The predicted octanol–water partition coefficient (Wildman–Crippen LogP) is 3.27. The Kier molecular flexibility index (Phi) is 5.54. The summed E-state index contributed by atoms with van der Waals surface area (Å²) in [5.41, 5.74) is 0.297. The molecule has 0 spiro atoms. The zero-order chi connectivity index (χ0) is 19.4. The third-order valence-electron chi connectivity index (χ3n) is 3.99. The van der Waals surface area contributed by atoms with Crippen molar-refractivity contribution >= 4 is 29.3 Å². The highest BCUT2D eigenvalue weighted by atomic mass is 35.5. The number of carbonyl (C=O) groups is 1. The Labute approximate surface area is 159 Å². The van der Waals surface area contributed by atoms with Crippen LogP contribution >= 0.6 is 11.6 Å². The van der Waals surface area contributed by atoms with Gasteiger partial charge in [-0.15, -0.1) is 0 Å². The van der Waals surface area contributed by atoms with E-state index in [9.17, 15) is 20.2 Å². The second kappa shape index (κ2) is 8.03. The predicted molar refractivity (Wildman–Crippen MR) is 96.8 cm³/mol. The van der Waals surface area contributed by atoms with Crippen molar-refractivity contribution in [3.8, 4) is 17.4 Å². The van der Waals surface area contributed by atoms with Crippen molar-refractivity contribution in [1.82, 2.24) is 4.90 Å². The molecule has 0 bridgehead atoms. The molecule has 0 unspecified atom stereocenters. The van der Waals surface area contributed by atoms with Gasteiger partial charge in [0.2, 0.25) is 0 Å². The minimum atomic E-state index is -0.539. The number of carbonyl (C=O) groups excluding carboxylic acids is 1. The Morgan fingerprint density at radius 1 is 1.30 bits per heavy atom. The molecule has 3 rings (SSSR count). The van der Waals surface area contributed by atoms with Gasteiger partial charge in [-0.1, -0.05) is 11.6 Å². The van der Waals surface area contributed by atoms with Crippen LogP contribution in [0, 0.1) is 21.4 Å². The first-order valence-electron chi connectivity index (χ1n) is 8.02. The normalized spacial score (nSPS) is 14.7. The number of ether oxygens (including phenoxy) is 1. The number of nitrogens with zero attached hydrogens (tertiary/aromatic N) is 3. The van der Waals surface area contributed by atoms with Gasteiger partial charge in [-0.05, 0) is 18.2 Å². The molecule has 2 aromatic rings. The van der Waals surface area contributed by atoms with E-state index in [0.717, 1.165) is 0 Å². The van der Waals surface area contributed by atoms with Gasteiger partial charge in [0.15, 0.2) is 0 Å². The summed E-state index contributed by atoms with van der Waals surface area (Å²) >= 11 is 6.10. The third-order valence-corrected chi connectivity index (χ3v) is 4.30. The fraction of sp³-hybridized carbons (Fsp3) is 0.222. The number of halogens is 1. The number of rotatable bonds is 4. The average Bonchev–Trinajstić information content (AvgIpc) is 3.14. The molecule has 0 aliphatic carbocycles. The lowest BCUT2D eigenvalue weighted by Crippen LogP contribution is -2.41. The quantitative estimate of drug-likeness (QED) is 0.344. The van der Waals surface area contributed by atoms with Crippen LogP contribution in [0.15, 0.2) is 40.3 Å². The van der Waals surface area contributed by atoms with Gasteiger partial charge in [-0.25, -0.2) is 0 Å². The monoisotopic (exact) mass is 387 g/mol. The minimum absolute atomic E-state index is 0.0485. The summed E-state index contributed by atoms with van der Waals surface area (Å²) < 4.78 is 10.8. The van der Waals surface area contributed by atoms with Crippen molar-refractivity contribution in [3.63, 3.8) is 0 Å². The average molecular weight is 388 g/mol. The zero-order valence-corrected chi connectivity index (χ0v) is 14.8. The van der Waals surface area contributed by atoms with Crippen molar-refractivity contribution in [2.45, 2.75) is 0 Å². The maximum absolute atomic E-state index is 12.4. The number of non-ortho nitro benzene ring substituents is 1. The van der Waals surface area contributed by atoms with Crippen LogP contribution in [-0.4, -0.2) is 42.0 Å². The standard InChI is InChI=1S/C18H14ClN3O5/c19-16-10-13(22(24)25)1-3-15(16)17-4-2-14(27-17)9-12(11-20)18(23)21-5-7-26-8-6-21/h1-4,9-10H,5-8H2. The van der Waals surface area contributed by atoms with Gasteiger partial charge >= 0.3 is 0 Å². The summed E-state index contributed by atoms with van der Waals surface area (Å²) in [5.74, 6) is 0.293. The van der Waals surface area contributed by atoms with E-state index < -0.39 is 4.92 Å². The first-order chi connectivity index (χ1) is 13.0. The Balaban J connectivity index is 1.84. The third kappa shape index (κ3) is 4.16. The molecule has 1 aromatic carbocycles. The van der Waals surface area contributed by atoms with Crippen molar-refractivity contribution in [1.29, 1.82) is 5.26 Å². The number of furan rings is 1. The minimum Gasteiger partial charge on any atom is -0.457 e. The molecule has 0 saturated carbocycles. The maximum Gasteiger partial charge on any atom is 0.270 e. The molecule has 27 heavy (non-hydrogen) atoms. The molecule has 1 fully saturated rings. The lowest BCUT2D eigenvalue weighted by Gasteiger charge is -2.26. The first kappa shape index (κ1) is 18.6. The summed E-state index contributed by atoms with van der Waals surface area (Å²) in [6, 6.07) is 9.15. The number of hydrogen-bond acceptors (Lipinski definition) is 6. The van der Waals surface area contributed by atoms with Crippen molar-refractivity contribution in [2.75, 3.05) is 26.3 Å². The summed E-state index contributed by atoms with van der Waals surface area (Å²) in [6.45, 7) is 1.74. The van der Waals surface area contributed by atoms with Crippen molar-refractivity contribution < 1.29 is 18.9 Å². The van der Waals surface area contributed by atoms with Gasteiger partial charge in [-0.3, -0.25) is 14.9 Å². The molecule has 1 amide bonds. The molecule has 138 valence electrons. The van der Waals surface area contributed by atoms with Crippen molar-refractivity contribution in [2.24, 2.45) is 0 Å². The molecular weight excluding hydrogens is 374 g/mol. The number of morpholine rings is 1. The zero-order valence-electron chi connectivity index (χ0n) is 14.1. The van der Waals surface area contributed by atoms with E-state index in [1.54, 1.807) is 17.0 Å². The Morgan fingerprint density at radius 3 is 2.67 bits per heavy atom. The van der Waals surface area contributed by atoms with Crippen LogP contribution in [0.5, 0.6) is 0 Å². The van der Waals surface area contributed by atoms with E-state index >= 15 is 0 Å². The highest BCUT2D eigenvalue weighted by molar-refractivity contribution is 6.33. The van der Waals surface area contributed by atoms with Crippen LogP contribution in [-0.2, 0) is 9.53 Å². The van der Waals surface area contributed by atoms with Crippen LogP contribution in [0.1, 0.15) is 5.76 Å². The molecule has 0 N–H and O–H groups in total. The van der Waals surface area contributed by atoms with E-state index in [0.29, 0.717) is 43.4 Å². The highest BCUT2D eigenvalue weighted by Gasteiger charge is 2.21.